The van der Waals surface area contributed by atoms with Crippen molar-refractivity contribution in [3.63, 3.8) is 0 Å². The van der Waals surface area contributed by atoms with Crippen LogP contribution in [0.15, 0.2) is 23.6 Å². The van der Waals surface area contributed by atoms with Gasteiger partial charge in [0.15, 0.2) is 0 Å². The lowest BCUT2D eigenvalue weighted by Crippen LogP contribution is -2.30. The highest BCUT2D eigenvalue weighted by Gasteiger charge is 2.18. The van der Waals surface area contributed by atoms with Crippen molar-refractivity contribution in [3.05, 3.63) is 45.4 Å². The first-order valence-electron chi connectivity index (χ1n) is 7.16. The molecule has 20 heavy (non-hydrogen) atoms. The lowest BCUT2D eigenvalue weighted by Gasteiger charge is -2.28. The number of nitrogens with two attached hydrogens (primary N) is 1. The van der Waals surface area contributed by atoms with E-state index in [1.165, 1.54) is 21.8 Å². The van der Waals surface area contributed by atoms with E-state index in [9.17, 15) is 0 Å². The molecule has 0 spiro atoms. The number of benzene rings is 1. The van der Waals surface area contributed by atoms with Crippen molar-refractivity contribution < 1.29 is 0 Å². The Morgan fingerprint density at radius 3 is 3.00 bits per heavy atom. The van der Waals surface area contributed by atoms with Crippen LogP contribution >= 0.6 is 11.3 Å². The molecule has 0 amide bonds. The van der Waals surface area contributed by atoms with E-state index in [2.05, 4.69) is 36.3 Å². The number of hydrogen-bond donors (Lipinski definition) is 1. The van der Waals surface area contributed by atoms with Crippen LogP contribution in [0.25, 0.3) is 0 Å². The van der Waals surface area contributed by atoms with Gasteiger partial charge in [0.05, 0.1) is 10.7 Å². The van der Waals surface area contributed by atoms with Gasteiger partial charge in [0.1, 0.15) is 0 Å². The molecule has 0 saturated heterocycles. The van der Waals surface area contributed by atoms with E-state index in [-0.39, 0.29) is 0 Å². The van der Waals surface area contributed by atoms with E-state index in [4.69, 9.17) is 10.7 Å². The van der Waals surface area contributed by atoms with Gasteiger partial charge in [-0.3, -0.25) is 4.90 Å². The highest BCUT2D eigenvalue weighted by molar-refractivity contribution is 7.09. The summed E-state index contributed by atoms with van der Waals surface area (Å²) in [6.45, 7) is 7.38. The maximum atomic E-state index is 6.05. The van der Waals surface area contributed by atoms with Crippen molar-refractivity contribution in [1.82, 2.24) is 9.88 Å². The van der Waals surface area contributed by atoms with E-state index in [1.807, 2.05) is 6.07 Å². The molecule has 1 aromatic heterocycles. The highest BCUT2D eigenvalue weighted by atomic mass is 32.1. The van der Waals surface area contributed by atoms with Crippen LogP contribution < -0.4 is 5.73 Å². The summed E-state index contributed by atoms with van der Waals surface area (Å²) in [7, 11) is 0. The third-order valence-corrected chi connectivity index (χ3v) is 5.02. The lowest BCUT2D eigenvalue weighted by molar-refractivity contribution is 0.243. The molecule has 1 aliphatic rings. The molecule has 4 heteroatoms. The van der Waals surface area contributed by atoms with Crippen molar-refractivity contribution in [2.45, 2.75) is 39.3 Å². The molecule has 0 unspecified atom stereocenters. The average molecular weight is 287 g/mol. The van der Waals surface area contributed by atoms with E-state index >= 15 is 0 Å². The van der Waals surface area contributed by atoms with Gasteiger partial charge in [0.2, 0.25) is 0 Å². The zero-order valence-corrected chi connectivity index (χ0v) is 12.9. The number of aromatic nitrogens is 1. The molecule has 0 saturated carbocycles. The molecule has 106 valence electrons. The molecular formula is C16H21N3S. The van der Waals surface area contributed by atoms with Crippen molar-refractivity contribution in [1.29, 1.82) is 0 Å². The Hall–Kier alpha value is -1.39. The smallest absolute Gasteiger partial charge is 0.0954 e. The molecule has 2 heterocycles. The Morgan fingerprint density at radius 1 is 1.40 bits per heavy atom. The van der Waals surface area contributed by atoms with Gasteiger partial charge in [-0.1, -0.05) is 26.0 Å². The number of nitrogens with zero attached hydrogens (tertiary/aromatic N) is 2. The van der Waals surface area contributed by atoms with Crippen LogP contribution in [0.3, 0.4) is 0 Å². The van der Waals surface area contributed by atoms with Gasteiger partial charge in [0, 0.05) is 36.6 Å². The summed E-state index contributed by atoms with van der Waals surface area (Å²) in [4.78, 5) is 7.19. The fraction of sp³-hybridized carbons (Fsp3) is 0.438. The van der Waals surface area contributed by atoms with Gasteiger partial charge < -0.3 is 5.73 Å². The standard InChI is InChI=1S/C16H21N3S/c1-11(2)16-18-13(10-20-16)9-19-7-6-14-12(8-19)4-3-5-15(14)17/h3-5,10-11H,6-9,17H2,1-2H3. The van der Waals surface area contributed by atoms with Gasteiger partial charge in [0.25, 0.3) is 0 Å². The van der Waals surface area contributed by atoms with E-state index in [1.54, 1.807) is 11.3 Å². The third-order valence-electron chi connectivity index (χ3n) is 3.83. The SMILES string of the molecule is CC(C)c1nc(CN2CCc3c(N)cccc3C2)cs1. The second-order valence-electron chi connectivity index (χ2n) is 5.78. The van der Waals surface area contributed by atoms with Gasteiger partial charge in [-0.2, -0.15) is 0 Å². The minimum absolute atomic E-state index is 0.524. The molecule has 1 aromatic carbocycles. The first-order chi connectivity index (χ1) is 9.63. The lowest BCUT2D eigenvalue weighted by atomic mass is 9.98. The van der Waals surface area contributed by atoms with Gasteiger partial charge >= 0.3 is 0 Å². The number of thiazole rings is 1. The van der Waals surface area contributed by atoms with Crippen molar-refractivity contribution >= 4 is 17.0 Å². The average Bonchev–Trinajstić information content (AvgIpc) is 2.88. The minimum Gasteiger partial charge on any atom is -0.398 e. The number of hydrogen-bond acceptors (Lipinski definition) is 4. The fourth-order valence-corrected chi connectivity index (χ4v) is 3.55. The maximum absolute atomic E-state index is 6.05. The number of nitrogen functional groups attached to an aromatic ring is 1. The number of anilines is 1. The summed E-state index contributed by atoms with van der Waals surface area (Å²) >= 11 is 1.78. The zero-order valence-electron chi connectivity index (χ0n) is 12.1. The maximum Gasteiger partial charge on any atom is 0.0954 e. The Labute approximate surface area is 124 Å². The largest absolute Gasteiger partial charge is 0.398 e. The molecule has 0 aliphatic carbocycles. The molecular weight excluding hydrogens is 266 g/mol. The second-order valence-corrected chi connectivity index (χ2v) is 6.67. The summed E-state index contributed by atoms with van der Waals surface area (Å²) in [6, 6.07) is 6.25. The number of rotatable bonds is 3. The second kappa shape index (κ2) is 5.54. The molecule has 0 radical (unpaired) electrons. The molecule has 2 aromatic rings. The molecule has 0 bridgehead atoms. The molecule has 3 nitrogen and oxygen atoms in total. The summed E-state index contributed by atoms with van der Waals surface area (Å²) < 4.78 is 0. The molecule has 3 rings (SSSR count). The highest BCUT2D eigenvalue weighted by Crippen LogP contribution is 2.26. The summed E-state index contributed by atoms with van der Waals surface area (Å²) in [6.07, 6.45) is 1.04. The van der Waals surface area contributed by atoms with Crippen LogP contribution in [0.1, 0.15) is 41.6 Å². The van der Waals surface area contributed by atoms with Crippen LogP contribution in [-0.2, 0) is 19.5 Å². The zero-order chi connectivity index (χ0) is 14.1. The van der Waals surface area contributed by atoms with Crippen molar-refractivity contribution in [2.75, 3.05) is 12.3 Å². The number of fused-ring (bicyclic) bond motifs is 1. The Bertz CT molecular complexity index is 604. The van der Waals surface area contributed by atoms with Crippen LogP contribution in [0.5, 0.6) is 0 Å². The molecule has 2 N–H and O–H groups in total. The van der Waals surface area contributed by atoms with E-state index in [0.717, 1.165) is 31.7 Å². The summed E-state index contributed by atoms with van der Waals surface area (Å²) in [5.74, 6) is 0.524. The van der Waals surface area contributed by atoms with Gasteiger partial charge in [-0.05, 0) is 23.6 Å². The predicted molar refractivity (Wildman–Crippen MR) is 84.9 cm³/mol. The quantitative estimate of drug-likeness (QED) is 0.880. The van der Waals surface area contributed by atoms with Crippen molar-refractivity contribution in [3.8, 4) is 0 Å². The predicted octanol–water partition coefficient (Wildman–Crippen LogP) is 3.41. The van der Waals surface area contributed by atoms with Crippen LogP contribution in [0.2, 0.25) is 0 Å². The molecule has 0 atom stereocenters. The Kier molecular flexibility index (Phi) is 3.76. The molecule has 0 fully saturated rings. The van der Waals surface area contributed by atoms with Gasteiger partial charge in [-0.15, -0.1) is 11.3 Å². The Balaban J connectivity index is 1.71. The summed E-state index contributed by atoms with van der Waals surface area (Å²) in [5.41, 5.74) is 10.9. The van der Waals surface area contributed by atoms with Crippen LogP contribution in [0.4, 0.5) is 5.69 Å². The normalized spacial score (nSPS) is 15.6. The fourth-order valence-electron chi connectivity index (χ4n) is 2.72. The van der Waals surface area contributed by atoms with Gasteiger partial charge in [-0.25, -0.2) is 4.98 Å². The monoisotopic (exact) mass is 287 g/mol. The third kappa shape index (κ3) is 2.72. The van der Waals surface area contributed by atoms with E-state index in [0.29, 0.717) is 5.92 Å². The van der Waals surface area contributed by atoms with Crippen LogP contribution in [-0.4, -0.2) is 16.4 Å². The van der Waals surface area contributed by atoms with Crippen LogP contribution in [0, 0.1) is 0 Å². The van der Waals surface area contributed by atoms with E-state index < -0.39 is 0 Å². The Morgan fingerprint density at radius 2 is 2.25 bits per heavy atom. The summed E-state index contributed by atoms with van der Waals surface area (Å²) in [5, 5.41) is 3.44. The minimum atomic E-state index is 0.524. The first kappa shape index (κ1) is 13.6. The molecule has 1 aliphatic heterocycles. The van der Waals surface area contributed by atoms with Crippen molar-refractivity contribution in [2.24, 2.45) is 0 Å². The topological polar surface area (TPSA) is 42.2 Å². The first-order valence-corrected chi connectivity index (χ1v) is 8.04.